The van der Waals surface area contributed by atoms with E-state index >= 15 is 0 Å². The molecule has 0 bridgehead atoms. The molecule has 2 aromatic carbocycles. The van der Waals surface area contributed by atoms with Crippen molar-refractivity contribution in [1.29, 1.82) is 0 Å². The quantitative estimate of drug-likeness (QED) is 0.663. The molecule has 0 aliphatic heterocycles. The van der Waals surface area contributed by atoms with Gasteiger partial charge < -0.3 is 4.90 Å². The maximum Gasteiger partial charge on any atom is 0.346 e. The third kappa shape index (κ3) is 4.42. The molecule has 4 rings (SSSR count). The molecule has 0 saturated heterocycles. The molecule has 1 aliphatic rings. The fraction of sp³-hybridized carbons (Fsp3) is 0.318. The van der Waals surface area contributed by atoms with Crippen molar-refractivity contribution in [2.75, 3.05) is 13.1 Å². The summed E-state index contributed by atoms with van der Waals surface area (Å²) in [7, 11) is 0. The van der Waals surface area contributed by atoms with E-state index in [0.29, 0.717) is 12.5 Å². The summed E-state index contributed by atoms with van der Waals surface area (Å²) < 4.78 is 1.38. The Kier molecular flexibility index (Phi) is 5.01. The molecule has 0 N–H and O–H groups in total. The number of hydrogen-bond acceptors (Lipinski definition) is 3. The molecule has 1 aliphatic carbocycles. The molecule has 1 heterocycles. The van der Waals surface area contributed by atoms with Gasteiger partial charge in [-0.15, -0.1) is 5.10 Å². The Labute approximate surface area is 159 Å². The zero-order chi connectivity index (χ0) is 18.6. The fourth-order valence-corrected chi connectivity index (χ4v) is 3.14. The molecular weight excluding hydrogens is 336 g/mol. The van der Waals surface area contributed by atoms with Crippen molar-refractivity contribution in [1.82, 2.24) is 19.9 Å². The molecule has 1 aromatic heterocycles. The van der Waals surface area contributed by atoms with Crippen molar-refractivity contribution in [2.45, 2.75) is 26.2 Å². The molecule has 0 radical (unpaired) electrons. The summed E-state index contributed by atoms with van der Waals surface area (Å²) in [6, 6.07) is 18.3. The van der Waals surface area contributed by atoms with Crippen LogP contribution in [0, 0.1) is 12.8 Å². The number of hydrogen-bond donors (Lipinski definition) is 0. The van der Waals surface area contributed by atoms with E-state index in [-0.39, 0.29) is 6.03 Å². The monoisotopic (exact) mass is 360 g/mol. The molecule has 27 heavy (non-hydrogen) atoms. The third-order valence-corrected chi connectivity index (χ3v) is 5.00. The first-order valence-electron chi connectivity index (χ1n) is 9.51. The highest BCUT2D eigenvalue weighted by Crippen LogP contribution is 2.30. The average molecular weight is 360 g/mol. The standard InChI is InChI=1S/C22H24N4O/c1-17-7-11-20(12-8-17)21-16-26(24-23-21)22(27)25(15-19-9-10-19)14-13-18-5-3-2-4-6-18/h2-8,11-12,16,19H,9-10,13-15H2,1H3. The van der Waals surface area contributed by atoms with Crippen LogP contribution in [-0.4, -0.2) is 39.0 Å². The Morgan fingerprint density at radius 2 is 1.85 bits per heavy atom. The highest BCUT2D eigenvalue weighted by molar-refractivity contribution is 5.77. The van der Waals surface area contributed by atoms with Gasteiger partial charge in [-0.05, 0) is 37.7 Å². The van der Waals surface area contributed by atoms with Crippen LogP contribution in [-0.2, 0) is 6.42 Å². The molecule has 1 amide bonds. The number of aryl methyl sites for hydroxylation is 1. The Balaban J connectivity index is 1.48. The summed E-state index contributed by atoms with van der Waals surface area (Å²) >= 11 is 0. The summed E-state index contributed by atoms with van der Waals surface area (Å²) in [6.45, 7) is 3.54. The summed E-state index contributed by atoms with van der Waals surface area (Å²) in [4.78, 5) is 14.9. The first-order chi connectivity index (χ1) is 13.2. The number of benzene rings is 2. The number of carbonyl (C=O) groups is 1. The van der Waals surface area contributed by atoms with Crippen molar-refractivity contribution >= 4 is 6.03 Å². The molecule has 3 aromatic rings. The van der Waals surface area contributed by atoms with Crippen LogP contribution in [0.3, 0.4) is 0 Å². The van der Waals surface area contributed by atoms with E-state index in [1.165, 1.54) is 28.7 Å². The van der Waals surface area contributed by atoms with Crippen molar-refractivity contribution in [3.8, 4) is 11.3 Å². The van der Waals surface area contributed by atoms with Gasteiger partial charge in [-0.1, -0.05) is 65.4 Å². The minimum atomic E-state index is -0.0938. The van der Waals surface area contributed by atoms with E-state index < -0.39 is 0 Å². The summed E-state index contributed by atoms with van der Waals surface area (Å²) in [5, 5.41) is 8.29. The van der Waals surface area contributed by atoms with Gasteiger partial charge >= 0.3 is 6.03 Å². The lowest BCUT2D eigenvalue weighted by molar-refractivity contribution is 0.193. The molecule has 138 valence electrons. The number of nitrogens with zero attached hydrogens (tertiary/aromatic N) is 4. The maximum absolute atomic E-state index is 13.0. The largest absolute Gasteiger partial charge is 0.346 e. The number of rotatable bonds is 6. The number of amides is 1. The van der Waals surface area contributed by atoms with Gasteiger partial charge in [0.1, 0.15) is 5.69 Å². The second-order valence-corrected chi connectivity index (χ2v) is 7.32. The Morgan fingerprint density at radius 3 is 2.56 bits per heavy atom. The highest BCUT2D eigenvalue weighted by atomic mass is 16.2. The van der Waals surface area contributed by atoms with E-state index in [1.54, 1.807) is 6.20 Å². The highest BCUT2D eigenvalue weighted by Gasteiger charge is 2.28. The van der Waals surface area contributed by atoms with E-state index in [4.69, 9.17) is 0 Å². The first-order valence-corrected chi connectivity index (χ1v) is 9.51. The normalized spacial score (nSPS) is 13.5. The molecule has 5 heteroatoms. The number of aromatic nitrogens is 3. The van der Waals surface area contributed by atoms with Gasteiger partial charge in [-0.2, -0.15) is 4.68 Å². The third-order valence-electron chi connectivity index (χ3n) is 5.00. The molecule has 0 unspecified atom stereocenters. The van der Waals surface area contributed by atoms with Crippen LogP contribution in [0.5, 0.6) is 0 Å². The minimum absolute atomic E-state index is 0.0938. The minimum Gasteiger partial charge on any atom is -0.322 e. The molecule has 5 nitrogen and oxygen atoms in total. The number of carbonyl (C=O) groups excluding carboxylic acids is 1. The molecule has 0 atom stereocenters. The van der Waals surface area contributed by atoms with Crippen LogP contribution < -0.4 is 0 Å². The van der Waals surface area contributed by atoms with Crippen molar-refractivity contribution < 1.29 is 4.79 Å². The van der Waals surface area contributed by atoms with Crippen molar-refractivity contribution in [3.05, 3.63) is 71.9 Å². The average Bonchev–Trinajstić information content (AvgIpc) is 3.38. The van der Waals surface area contributed by atoms with Crippen LogP contribution in [0.1, 0.15) is 24.0 Å². The van der Waals surface area contributed by atoms with Gasteiger partial charge in [0.25, 0.3) is 0 Å². The van der Waals surface area contributed by atoms with Gasteiger partial charge in [0.15, 0.2) is 0 Å². The zero-order valence-electron chi connectivity index (χ0n) is 15.6. The zero-order valence-corrected chi connectivity index (χ0v) is 15.6. The molecule has 1 fully saturated rings. The van der Waals surface area contributed by atoms with Crippen molar-refractivity contribution in [2.24, 2.45) is 5.92 Å². The van der Waals surface area contributed by atoms with Crippen LogP contribution in [0.25, 0.3) is 11.3 Å². The Bertz CT molecular complexity index is 898. The predicted molar refractivity (Wildman–Crippen MR) is 105 cm³/mol. The van der Waals surface area contributed by atoms with Gasteiger partial charge in [-0.3, -0.25) is 0 Å². The van der Waals surface area contributed by atoms with Gasteiger partial charge in [0, 0.05) is 18.7 Å². The lowest BCUT2D eigenvalue weighted by atomic mass is 10.1. The lowest BCUT2D eigenvalue weighted by Gasteiger charge is -2.22. The van der Waals surface area contributed by atoms with Gasteiger partial charge in [0.05, 0.1) is 6.20 Å². The smallest absolute Gasteiger partial charge is 0.322 e. The second-order valence-electron chi connectivity index (χ2n) is 7.32. The van der Waals surface area contributed by atoms with Crippen LogP contribution in [0.2, 0.25) is 0 Å². The van der Waals surface area contributed by atoms with Crippen LogP contribution >= 0.6 is 0 Å². The Hall–Kier alpha value is -2.95. The van der Waals surface area contributed by atoms with E-state index in [1.807, 2.05) is 54.3 Å². The van der Waals surface area contributed by atoms with Crippen molar-refractivity contribution in [3.63, 3.8) is 0 Å². The van der Waals surface area contributed by atoms with E-state index in [0.717, 1.165) is 24.2 Å². The fourth-order valence-electron chi connectivity index (χ4n) is 3.14. The summed E-state index contributed by atoms with van der Waals surface area (Å²) in [5.41, 5.74) is 4.12. The van der Waals surface area contributed by atoms with Gasteiger partial charge in [-0.25, -0.2) is 4.79 Å². The second kappa shape index (κ2) is 7.74. The molecule has 0 spiro atoms. The SMILES string of the molecule is Cc1ccc(-c2cn(C(=O)N(CCc3ccccc3)CC3CC3)nn2)cc1. The summed E-state index contributed by atoms with van der Waals surface area (Å²) in [5.74, 6) is 0.629. The first kappa shape index (κ1) is 17.5. The van der Waals surface area contributed by atoms with E-state index in [9.17, 15) is 4.79 Å². The van der Waals surface area contributed by atoms with Crippen LogP contribution in [0.15, 0.2) is 60.8 Å². The summed E-state index contributed by atoms with van der Waals surface area (Å²) in [6.07, 6.45) is 5.00. The molecular formula is C22H24N4O. The molecule has 1 saturated carbocycles. The van der Waals surface area contributed by atoms with Gasteiger partial charge in [0.2, 0.25) is 0 Å². The Morgan fingerprint density at radius 1 is 1.11 bits per heavy atom. The maximum atomic E-state index is 13.0. The van der Waals surface area contributed by atoms with Crippen LogP contribution in [0.4, 0.5) is 4.79 Å². The topological polar surface area (TPSA) is 51.0 Å². The lowest BCUT2D eigenvalue weighted by Crippen LogP contribution is -2.38. The van der Waals surface area contributed by atoms with E-state index in [2.05, 4.69) is 22.4 Å². The predicted octanol–water partition coefficient (Wildman–Crippen LogP) is 4.18.